The minimum atomic E-state index is -0.434. The average molecular weight is 353 g/mol. The van der Waals surface area contributed by atoms with Gasteiger partial charge in [0.15, 0.2) is 0 Å². The van der Waals surface area contributed by atoms with Crippen LogP contribution in [0.2, 0.25) is 5.02 Å². The number of carbonyl (C=O) groups is 1. The summed E-state index contributed by atoms with van der Waals surface area (Å²) < 4.78 is 11.1. The summed E-state index contributed by atoms with van der Waals surface area (Å²) in [5.41, 5.74) is 2.33. The van der Waals surface area contributed by atoms with Crippen LogP contribution in [0.1, 0.15) is 21.5 Å². The molecule has 0 saturated heterocycles. The van der Waals surface area contributed by atoms with Crippen molar-refractivity contribution in [3.63, 3.8) is 0 Å². The lowest BCUT2D eigenvalue weighted by Gasteiger charge is -2.10. The van der Waals surface area contributed by atoms with Crippen molar-refractivity contribution in [3.8, 4) is 5.75 Å². The van der Waals surface area contributed by atoms with E-state index in [1.54, 1.807) is 18.2 Å². The number of benzene rings is 3. The van der Waals surface area contributed by atoms with E-state index in [2.05, 4.69) is 0 Å². The van der Waals surface area contributed by atoms with Crippen LogP contribution in [-0.4, -0.2) is 5.97 Å². The molecule has 4 heteroatoms. The van der Waals surface area contributed by atoms with Crippen LogP contribution in [-0.2, 0) is 18.0 Å². The summed E-state index contributed by atoms with van der Waals surface area (Å²) in [6, 6.07) is 24.2. The van der Waals surface area contributed by atoms with E-state index in [1.807, 2.05) is 60.7 Å². The zero-order chi connectivity index (χ0) is 17.5. The number of carbonyl (C=O) groups excluding carboxylic acids is 1. The van der Waals surface area contributed by atoms with Crippen LogP contribution in [0, 0.1) is 0 Å². The van der Waals surface area contributed by atoms with Gasteiger partial charge in [-0.25, -0.2) is 4.79 Å². The van der Waals surface area contributed by atoms with Gasteiger partial charge in [0.05, 0.1) is 5.56 Å². The van der Waals surface area contributed by atoms with Gasteiger partial charge in [-0.1, -0.05) is 72.3 Å². The normalized spacial score (nSPS) is 10.3. The summed E-state index contributed by atoms with van der Waals surface area (Å²) in [5, 5.41) is 0.428. The second kappa shape index (κ2) is 8.36. The van der Waals surface area contributed by atoms with E-state index in [9.17, 15) is 4.79 Å². The summed E-state index contributed by atoms with van der Waals surface area (Å²) >= 11 is 6.11. The van der Waals surface area contributed by atoms with Crippen molar-refractivity contribution in [2.24, 2.45) is 0 Å². The zero-order valence-electron chi connectivity index (χ0n) is 13.5. The Kier molecular flexibility index (Phi) is 5.70. The average Bonchev–Trinajstić information content (AvgIpc) is 2.66. The molecule has 0 aliphatic heterocycles. The Morgan fingerprint density at radius 1 is 0.800 bits per heavy atom. The van der Waals surface area contributed by atoms with Gasteiger partial charge < -0.3 is 9.47 Å². The SMILES string of the molecule is O=C(OCc1ccccc1)c1cc(Cl)cc(OCc2ccccc2)c1. The summed E-state index contributed by atoms with van der Waals surface area (Å²) in [5.74, 6) is 0.0962. The van der Waals surface area contributed by atoms with E-state index in [-0.39, 0.29) is 6.61 Å². The molecule has 0 N–H and O–H groups in total. The Morgan fingerprint density at radius 2 is 1.40 bits per heavy atom. The molecule has 0 unspecified atom stereocenters. The third-order valence-corrected chi connectivity index (χ3v) is 3.79. The molecule has 3 aromatic rings. The molecule has 0 heterocycles. The molecule has 0 spiro atoms. The number of ether oxygens (including phenoxy) is 2. The fourth-order valence-electron chi connectivity index (χ4n) is 2.31. The summed E-state index contributed by atoms with van der Waals surface area (Å²) in [6.45, 7) is 0.617. The molecular formula is C21H17ClO3. The highest BCUT2D eigenvalue weighted by molar-refractivity contribution is 6.31. The van der Waals surface area contributed by atoms with Crippen molar-refractivity contribution in [3.05, 3.63) is 101 Å². The van der Waals surface area contributed by atoms with Gasteiger partial charge in [0.1, 0.15) is 19.0 Å². The highest BCUT2D eigenvalue weighted by Gasteiger charge is 2.11. The smallest absolute Gasteiger partial charge is 0.338 e. The molecule has 0 fully saturated rings. The largest absolute Gasteiger partial charge is 0.489 e. The molecule has 0 aromatic heterocycles. The first kappa shape index (κ1) is 17.1. The monoisotopic (exact) mass is 352 g/mol. The van der Waals surface area contributed by atoms with E-state index in [0.29, 0.717) is 22.9 Å². The lowest BCUT2D eigenvalue weighted by Crippen LogP contribution is -2.06. The maximum Gasteiger partial charge on any atom is 0.338 e. The van der Waals surface area contributed by atoms with Gasteiger partial charge in [0, 0.05) is 5.02 Å². The van der Waals surface area contributed by atoms with Crippen LogP contribution >= 0.6 is 11.6 Å². The lowest BCUT2D eigenvalue weighted by molar-refractivity contribution is 0.0472. The number of rotatable bonds is 6. The predicted molar refractivity (Wildman–Crippen MR) is 97.8 cm³/mol. The van der Waals surface area contributed by atoms with Gasteiger partial charge in [-0.15, -0.1) is 0 Å². The Balaban J connectivity index is 1.65. The van der Waals surface area contributed by atoms with Crippen LogP contribution < -0.4 is 4.74 Å². The molecular weight excluding hydrogens is 336 g/mol. The van der Waals surface area contributed by atoms with Crippen LogP contribution in [0.4, 0.5) is 0 Å². The molecule has 3 rings (SSSR count). The third-order valence-electron chi connectivity index (χ3n) is 3.57. The fourth-order valence-corrected chi connectivity index (χ4v) is 2.54. The van der Waals surface area contributed by atoms with E-state index >= 15 is 0 Å². The van der Waals surface area contributed by atoms with Crippen molar-refractivity contribution >= 4 is 17.6 Å². The van der Waals surface area contributed by atoms with Crippen molar-refractivity contribution in [1.82, 2.24) is 0 Å². The van der Waals surface area contributed by atoms with E-state index in [0.717, 1.165) is 11.1 Å². The standard InChI is InChI=1S/C21H17ClO3/c22-19-11-18(21(23)25-15-17-9-5-2-6-10-17)12-20(13-19)24-14-16-7-3-1-4-8-16/h1-13H,14-15H2. The van der Waals surface area contributed by atoms with Crippen LogP contribution in [0.3, 0.4) is 0 Å². The highest BCUT2D eigenvalue weighted by Crippen LogP contribution is 2.23. The quantitative estimate of drug-likeness (QED) is 0.566. The predicted octanol–water partition coefficient (Wildman–Crippen LogP) is 5.28. The molecule has 3 aromatic carbocycles. The topological polar surface area (TPSA) is 35.5 Å². The zero-order valence-corrected chi connectivity index (χ0v) is 14.3. The van der Waals surface area contributed by atoms with Gasteiger partial charge in [0.2, 0.25) is 0 Å². The Bertz CT molecular complexity index is 832. The third kappa shape index (κ3) is 5.10. The Labute approximate surface area is 151 Å². The van der Waals surface area contributed by atoms with Crippen molar-refractivity contribution in [1.29, 1.82) is 0 Å². The Morgan fingerprint density at radius 3 is 2.04 bits per heavy atom. The number of hydrogen-bond donors (Lipinski definition) is 0. The molecule has 0 radical (unpaired) electrons. The summed E-state index contributed by atoms with van der Waals surface area (Å²) in [4.78, 5) is 12.3. The van der Waals surface area contributed by atoms with E-state index in [1.165, 1.54) is 0 Å². The maximum atomic E-state index is 12.3. The molecule has 0 aliphatic rings. The first-order valence-corrected chi connectivity index (χ1v) is 8.27. The molecule has 25 heavy (non-hydrogen) atoms. The molecule has 3 nitrogen and oxygen atoms in total. The van der Waals surface area contributed by atoms with Gasteiger partial charge in [-0.2, -0.15) is 0 Å². The number of halogens is 1. The second-order valence-corrected chi connectivity index (χ2v) is 5.95. The summed E-state index contributed by atoms with van der Waals surface area (Å²) in [6.07, 6.45) is 0. The van der Waals surface area contributed by atoms with Crippen LogP contribution in [0.5, 0.6) is 5.75 Å². The van der Waals surface area contributed by atoms with Crippen molar-refractivity contribution < 1.29 is 14.3 Å². The molecule has 0 atom stereocenters. The molecule has 0 aliphatic carbocycles. The van der Waals surface area contributed by atoms with Gasteiger partial charge in [0.25, 0.3) is 0 Å². The minimum Gasteiger partial charge on any atom is -0.489 e. The molecule has 126 valence electrons. The Hall–Kier alpha value is -2.78. The fraction of sp³-hybridized carbons (Fsp3) is 0.0952. The van der Waals surface area contributed by atoms with E-state index in [4.69, 9.17) is 21.1 Å². The number of esters is 1. The van der Waals surface area contributed by atoms with E-state index < -0.39 is 5.97 Å². The molecule has 0 amide bonds. The maximum absolute atomic E-state index is 12.3. The number of hydrogen-bond acceptors (Lipinski definition) is 3. The van der Waals surface area contributed by atoms with Crippen molar-refractivity contribution in [2.45, 2.75) is 13.2 Å². The highest BCUT2D eigenvalue weighted by atomic mass is 35.5. The minimum absolute atomic E-state index is 0.215. The van der Waals surface area contributed by atoms with Crippen LogP contribution in [0.25, 0.3) is 0 Å². The van der Waals surface area contributed by atoms with Crippen molar-refractivity contribution in [2.75, 3.05) is 0 Å². The first-order chi connectivity index (χ1) is 12.2. The first-order valence-electron chi connectivity index (χ1n) is 7.89. The van der Waals surface area contributed by atoms with Gasteiger partial charge in [-0.3, -0.25) is 0 Å². The van der Waals surface area contributed by atoms with Crippen LogP contribution in [0.15, 0.2) is 78.9 Å². The second-order valence-electron chi connectivity index (χ2n) is 5.51. The van der Waals surface area contributed by atoms with Gasteiger partial charge in [-0.05, 0) is 29.3 Å². The summed E-state index contributed by atoms with van der Waals surface area (Å²) in [7, 11) is 0. The van der Waals surface area contributed by atoms with Gasteiger partial charge >= 0.3 is 5.97 Å². The lowest BCUT2D eigenvalue weighted by atomic mass is 10.2. The molecule has 0 saturated carbocycles. The molecule has 0 bridgehead atoms.